The average Bonchev–Trinajstić information content (AvgIpc) is 2.43. The molecule has 1 N–H and O–H groups in total. The van der Waals surface area contributed by atoms with Crippen LogP contribution in [0.5, 0.6) is 11.5 Å². The lowest BCUT2D eigenvalue weighted by Gasteiger charge is -2.13. The smallest absolute Gasteiger partial charge is 0.145 e. The van der Waals surface area contributed by atoms with E-state index in [0.29, 0.717) is 5.92 Å². The molecule has 4 heteroatoms. The molecule has 0 aliphatic carbocycles. The molecule has 3 nitrogen and oxygen atoms in total. The predicted octanol–water partition coefficient (Wildman–Crippen LogP) is 4.69. The lowest BCUT2D eigenvalue weighted by atomic mass is 10.2. The van der Waals surface area contributed by atoms with Crippen molar-refractivity contribution in [3.8, 4) is 11.5 Å². The highest BCUT2D eigenvalue weighted by Gasteiger charge is 2.07. The van der Waals surface area contributed by atoms with E-state index in [1.54, 1.807) is 6.20 Å². The molecule has 21 heavy (non-hydrogen) atoms. The largest absolute Gasteiger partial charge is 0.455 e. The van der Waals surface area contributed by atoms with E-state index in [0.717, 1.165) is 40.3 Å². The van der Waals surface area contributed by atoms with Gasteiger partial charge in [-0.25, -0.2) is 0 Å². The standard InChI is InChI=1S/C17H21BrN2O/c1-12(2)9-19-10-14-8-15(18)5-7-17(14)21-16-6-4-13(3)20-11-16/h4-8,11-12,19H,9-10H2,1-3H3. The van der Waals surface area contributed by atoms with Crippen LogP contribution in [-0.4, -0.2) is 11.5 Å². The number of hydrogen-bond donors (Lipinski definition) is 1. The zero-order valence-corrected chi connectivity index (χ0v) is 14.3. The van der Waals surface area contributed by atoms with Crippen LogP contribution >= 0.6 is 15.9 Å². The molecule has 0 atom stereocenters. The topological polar surface area (TPSA) is 34.1 Å². The van der Waals surface area contributed by atoms with E-state index in [1.807, 2.05) is 31.2 Å². The molecule has 0 fully saturated rings. The Labute approximate surface area is 134 Å². The van der Waals surface area contributed by atoms with Gasteiger partial charge in [0, 0.05) is 22.3 Å². The summed E-state index contributed by atoms with van der Waals surface area (Å²) in [5.74, 6) is 2.25. The normalized spacial score (nSPS) is 10.9. The number of halogens is 1. The molecule has 0 saturated heterocycles. The molecule has 0 radical (unpaired) electrons. The summed E-state index contributed by atoms with van der Waals surface area (Å²) in [6, 6.07) is 9.95. The molecular weight excluding hydrogens is 328 g/mol. The van der Waals surface area contributed by atoms with E-state index >= 15 is 0 Å². The van der Waals surface area contributed by atoms with Crippen molar-refractivity contribution in [2.45, 2.75) is 27.3 Å². The maximum Gasteiger partial charge on any atom is 0.145 e. The number of nitrogens with one attached hydrogen (secondary N) is 1. The van der Waals surface area contributed by atoms with Crippen LogP contribution in [0.3, 0.4) is 0 Å². The van der Waals surface area contributed by atoms with Crippen LogP contribution in [0.2, 0.25) is 0 Å². The van der Waals surface area contributed by atoms with Crippen molar-refractivity contribution in [2.75, 3.05) is 6.54 Å². The SMILES string of the molecule is Cc1ccc(Oc2ccc(Br)cc2CNCC(C)C)cn1. The van der Waals surface area contributed by atoms with Crippen molar-refractivity contribution >= 4 is 15.9 Å². The number of benzene rings is 1. The third-order valence-corrected chi connectivity index (χ3v) is 3.50. The Bertz CT molecular complexity index is 582. The fourth-order valence-electron chi connectivity index (χ4n) is 1.92. The van der Waals surface area contributed by atoms with Gasteiger partial charge in [-0.15, -0.1) is 0 Å². The molecule has 1 aromatic heterocycles. The molecule has 1 heterocycles. The summed E-state index contributed by atoms with van der Waals surface area (Å²) < 4.78 is 7.01. The van der Waals surface area contributed by atoms with Gasteiger partial charge in [0.2, 0.25) is 0 Å². The molecule has 0 aliphatic rings. The minimum absolute atomic E-state index is 0.628. The highest BCUT2D eigenvalue weighted by atomic mass is 79.9. The number of nitrogens with zero attached hydrogens (tertiary/aromatic N) is 1. The van der Waals surface area contributed by atoms with E-state index in [9.17, 15) is 0 Å². The average molecular weight is 349 g/mol. The van der Waals surface area contributed by atoms with Crippen molar-refractivity contribution in [3.05, 3.63) is 52.3 Å². The lowest BCUT2D eigenvalue weighted by molar-refractivity contribution is 0.466. The first-order valence-electron chi connectivity index (χ1n) is 7.14. The molecule has 0 spiro atoms. The molecule has 0 amide bonds. The Balaban J connectivity index is 2.12. The van der Waals surface area contributed by atoms with Crippen molar-refractivity contribution < 1.29 is 4.74 Å². The van der Waals surface area contributed by atoms with Gasteiger partial charge in [0.05, 0.1) is 6.20 Å². The Morgan fingerprint density at radius 3 is 2.71 bits per heavy atom. The summed E-state index contributed by atoms with van der Waals surface area (Å²) in [4.78, 5) is 4.26. The second-order valence-corrected chi connectivity index (χ2v) is 6.43. The number of aromatic nitrogens is 1. The van der Waals surface area contributed by atoms with Crippen molar-refractivity contribution in [1.82, 2.24) is 10.3 Å². The molecule has 2 rings (SSSR count). The molecule has 0 bridgehead atoms. The highest BCUT2D eigenvalue weighted by Crippen LogP contribution is 2.27. The Morgan fingerprint density at radius 2 is 2.05 bits per heavy atom. The lowest BCUT2D eigenvalue weighted by Crippen LogP contribution is -2.19. The molecule has 112 valence electrons. The summed E-state index contributed by atoms with van der Waals surface area (Å²) in [6.45, 7) is 8.13. The van der Waals surface area contributed by atoms with Crippen molar-refractivity contribution in [1.29, 1.82) is 0 Å². The third-order valence-electron chi connectivity index (χ3n) is 3.00. The highest BCUT2D eigenvalue weighted by molar-refractivity contribution is 9.10. The van der Waals surface area contributed by atoms with E-state index in [1.165, 1.54) is 0 Å². The van der Waals surface area contributed by atoms with Crippen LogP contribution in [0.4, 0.5) is 0 Å². The summed E-state index contributed by atoms with van der Waals surface area (Å²) in [7, 11) is 0. The number of aryl methyl sites for hydroxylation is 1. The van der Waals surface area contributed by atoms with Gasteiger partial charge in [-0.3, -0.25) is 4.98 Å². The Kier molecular flexibility index (Phi) is 5.76. The van der Waals surface area contributed by atoms with Crippen LogP contribution in [0, 0.1) is 12.8 Å². The van der Waals surface area contributed by atoms with Crippen LogP contribution in [0.25, 0.3) is 0 Å². The second kappa shape index (κ2) is 7.57. The van der Waals surface area contributed by atoms with Gasteiger partial charge in [-0.1, -0.05) is 29.8 Å². The Hall–Kier alpha value is -1.39. The third kappa shape index (κ3) is 5.14. The van der Waals surface area contributed by atoms with E-state index in [-0.39, 0.29) is 0 Å². The van der Waals surface area contributed by atoms with E-state index in [4.69, 9.17) is 4.74 Å². The van der Waals surface area contributed by atoms with E-state index < -0.39 is 0 Å². The zero-order chi connectivity index (χ0) is 15.2. The number of hydrogen-bond acceptors (Lipinski definition) is 3. The van der Waals surface area contributed by atoms with E-state index in [2.05, 4.69) is 46.1 Å². The number of rotatable bonds is 6. The first-order valence-corrected chi connectivity index (χ1v) is 7.93. The number of pyridine rings is 1. The molecular formula is C17H21BrN2O. The fraction of sp³-hybridized carbons (Fsp3) is 0.353. The minimum atomic E-state index is 0.628. The van der Waals surface area contributed by atoms with Gasteiger partial charge < -0.3 is 10.1 Å². The number of ether oxygens (including phenoxy) is 1. The summed E-state index contributed by atoms with van der Waals surface area (Å²) in [6.07, 6.45) is 1.75. The maximum atomic E-state index is 5.95. The zero-order valence-electron chi connectivity index (χ0n) is 12.7. The quantitative estimate of drug-likeness (QED) is 0.822. The van der Waals surface area contributed by atoms with Crippen LogP contribution < -0.4 is 10.1 Å². The van der Waals surface area contributed by atoms with Crippen LogP contribution in [0.15, 0.2) is 41.0 Å². The summed E-state index contributed by atoms with van der Waals surface area (Å²) in [5, 5.41) is 3.45. The first-order chi connectivity index (χ1) is 10.0. The molecule has 0 aliphatic heterocycles. The van der Waals surface area contributed by atoms with Gasteiger partial charge in [-0.2, -0.15) is 0 Å². The Morgan fingerprint density at radius 1 is 1.24 bits per heavy atom. The summed E-state index contributed by atoms with van der Waals surface area (Å²) in [5.41, 5.74) is 2.11. The van der Waals surface area contributed by atoms with Crippen LogP contribution in [0.1, 0.15) is 25.1 Å². The molecule has 1 aromatic carbocycles. The summed E-state index contributed by atoms with van der Waals surface area (Å²) >= 11 is 3.52. The van der Waals surface area contributed by atoms with Gasteiger partial charge >= 0.3 is 0 Å². The van der Waals surface area contributed by atoms with Crippen molar-refractivity contribution in [2.24, 2.45) is 5.92 Å². The minimum Gasteiger partial charge on any atom is -0.455 e. The fourth-order valence-corrected chi connectivity index (χ4v) is 2.33. The molecule has 0 saturated carbocycles. The first kappa shape index (κ1) is 16.0. The monoisotopic (exact) mass is 348 g/mol. The molecule has 0 unspecified atom stereocenters. The van der Waals surface area contributed by atoms with Gasteiger partial charge in [0.1, 0.15) is 11.5 Å². The maximum absolute atomic E-state index is 5.95. The predicted molar refractivity (Wildman–Crippen MR) is 89.7 cm³/mol. The van der Waals surface area contributed by atoms with Crippen LogP contribution in [-0.2, 0) is 6.54 Å². The van der Waals surface area contributed by atoms with Crippen molar-refractivity contribution in [3.63, 3.8) is 0 Å². The van der Waals surface area contributed by atoms with Gasteiger partial charge in [-0.05, 0) is 49.7 Å². The van der Waals surface area contributed by atoms with Gasteiger partial charge in [0.15, 0.2) is 0 Å². The second-order valence-electron chi connectivity index (χ2n) is 5.51. The molecule has 2 aromatic rings. The van der Waals surface area contributed by atoms with Gasteiger partial charge in [0.25, 0.3) is 0 Å².